The van der Waals surface area contributed by atoms with Crippen molar-refractivity contribution in [1.29, 1.82) is 0 Å². The summed E-state index contributed by atoms with van der Waals surface area (Å²) in [5.41, 5.74) is 2.76. The van der Waals surface area contributed by atoms with Crippen LogP contribution < -0.4 is 5.56 Å². The number of nitrogens with zero attached hydrogens (tertiary/aromatic N) is 4. The maximum Gasteiger partial charge on any atom is 0.261 e. The quantitative estimate of drug-likeness (QED) is 0.691. The molecule has 0 saturated carbocycles. The van der Waals surface area contributed by atoms with Gasteiger partial charge in [0.25, 0.3) is 5.56 Å². The molecule has 4 heterocycles. The summed E-state index contributed by atoms with van der Waals surface area (Å²) in [5, 5.41) is 0.699. The fourth-order valence-electron chi connectivity index (χ4n) is 3.97. The molecule has 1 atom stereocenters. The Morgan fingerprint density at radius 1 is 1.17 bits per heavy atom. The lowest BCUT2D eigenvalue weighted by molar-refractivity contribution is 0.181. The van der Waals surface area contributed by atoms with Gasteiger partial charge in [-0.2, -0.15) is 0 Å². The van der Waals surface area contributed by atoms with Crippen molar-refractivity contribution in [3.63, 3.8) is 0 Å². The molecule has 0 bridgehead atoms. The minimum Gasteiger partial charge on any atom is -0.293 e. The minimum absolute atomic E-state index is 0.0918. The Bertz CT molecular complexity index is 980. The van der Waals surface area contributed by atoms with E-state index < -0.39 is 0 Å². The Morgan fingerprint density at radius 2 is 2.12 bits per heavy atom. The van der Waals surface area contributed by atoms with E-state index in [-0.39, 0.29) is 5.56 Å². The van der Waals surface area contributed by atoms with Gasteiger partial charge in [0.1, 0.15) is 5.82 Å². The Labute approximate surface area is 139 Å². The van der Waals surface area contributed by atoms with Crippen molar-refractivity contribution >= 4 is 10.9 Å². The first kappa shape index (κ1) is 13.9. The van der Waals surface area contributed by atoms with Crippen molar-refractivity contribution in [2.75, 3.05) is 6.54 Å². The molecule has 0 N–H and O–H groups in total. The maximum absolute atomic E-state index is 12.9. The summed E-state index contributed by atoms with van der Waals surface area (Å²) in [6.45, 7) is 2.68. The van der Waals surface area contributed by atoms with Crippen LogP contribution in [0.15, 0.2) is 47.4 Å². The van der Waals surface area contributed by atoms with E-state index in [9.17, 15) is 4.79 Å². The predicted octanol–water partition coefficient (Wildman–Crippen LogP) is 2.44. The number of rotatable bonds is 1. The lowest BCUT2D eigenvalue weighted by atomic mass is 10.1. The smallest absolute Gasteiger partial charge is 0.261 e. The van der Waals surface area contributed by atoms with E-state index in [1.165, 1.54) is 12.8 Å². The number of fused-ring (bicyclic) bond motifs is 3. The van der Waals surface area contributed by atoms with E-state index in [0.29, 0.717) is 11.4 Å². The zero-order chi connectivity index (χ0) is 16.1. The third-order valence-electron chi connectivity index (χ3n) is 5.23. The van der Waals surface area contributed by atoms with Gasteiger partial charge in [0.2, 0.25) is 0 Å². The molecule has 1 unspecified atom stereocenters. The van der Waals surface area contributed by atoms with Gasteiger partial charge in [0, 0.05) is 24.3 Å². The summed E-state index contributed by atoms with van der Waals surface area (Å²) in [5.74, 6) is 0.892. The first-order valence-electron chi connectivity index (χ1n) is 8.48. The summed E-state index contributed by atoms with van der Waals surface area (Å²) in [6.07, 6.45) is 4.18. The van der Waals surface area contributed by atoms with Gasteiger partial charge in [-0.15, -0.1) is 0 Å². The highest BCUT2D eigenvalue weighted by atomic mass is 16.1. The van der Waals surface area contributed by atoms with E-state index in [1.807, 2.05) is 41.0 Å². The molecule has 0 spiro atoms. The first-order valence-corrected chi connectivity index (χ1v) is 8.48. The van der Waals surface area contributed by atoms with E-state index in [1.54, 1.807) is 6.20 Å². The molecule has 2 aromatic heterocycles. The second-order valence-electron chi connectivity index (χ2n) is 6.66. The zero-order valence-corrected chi connectivity index (χ0v) is 13.4. The summed E-state index contributed by atoms with van der Waals surface area (Å²) in [6, 6.07) is 12.2. The molecule has 5 rings (SSSR count). The highest BCUT2D eigenvalue weighted by Crippen LogP contribution is 2.26. The summed E-state index contributed by atoms with van der Waals surface area (Å²) in [4.78, 5) is 24.6. The highest BCUT2D eigenvalue weighted by molar-refractivity contribution is 5.83. The summed E-state index contributed by atoms with van der Waals surface area (Å²) < 4.78 is 1.88. The molecule has 1 aromatic carbocycles. The molecule has 1 fully saturated rings. The van der Waals surface area contributed by atoms with Crippen molar-refractivity contribution in [1.82, 2.24) is 19.4 Å². The molecule has 24 heavy (non-hydrogen) atoms. The van der Waals surface area contributed by atoms with Crippen molar-refractivity contribution in [3.8, 4) is 11.3 Å². The van der Waals surface area contributed by atoms with Crippen molar-refractivity contribution in [2.24, 2.45) is 0 Å². The number of hydrogen-bond acceptors (Lipinski definition) is 4. The lowest BCUT2D eigenvalue weighted by Gasteiger charge is -2.31. The van der Waals surface area contributed by atoms with Crippen LogP contribution >= 0.6 is 0 Å². The predicted molar refractivity (Wildman–Crippen MR) is 92.7 cm³/mol. The number of aromatic nitrogens is 3. The first-order chi connectivity index (χ1) is 11.8. The Kier molecular flexibility index (Phi) is 3.03. The number of pyridine rings is 1. The number of hydrogen-bond donors (Lipinski definition) is 0. The average Bonchev–Trinajstić information content (AvgIpc) is 3.08. The normalized spacial score (nSPS) is 20.1. The van der Waals surface area contributed by atoms with Crippen LogP contribution in [0.25, 0.3) is 22.2 Å². The summed E-state index contributed by atoms with van der Waals surface area (Å²) >= 11 is 0. The van der Waals surface area contributed by atoms with Gasteiger partial charge in [-0.3, -0.25) is 19.2 Å². The maximum atomic E-state index is 12.9. The van der Waals surface area contributed by atoms with Gasteiger partial charge < -0.3 is 0 Å². The molecule has 2 aliphatic heterocycles. The van der Waals surface area contributed by atoms with Crippen LogP contribution in [0.4, 0.5) is 0 Å². The molecular weight excluding hydrogens is 300 g/mol. The molecule has 120 valence electrons. The van der Waals surface area contributed by atoms with Gasteiger partial charge in [-0.05, 0) is 43.7 Å². The monoisotopic (exact) mass is 318 g/mol. The fraction of sp³-hybridized carbons (Fsp3) is 0.316. The van der Waals surface area contributed by atoms with Crippen LogP contribution in [0.1, 0.15) is 18.7 Å². The minimum atomic E-state index is 0.0918. The van der Waals surface area contributed by atoms with Crippen molar-refractivity contribution < 1.29 is 0 Å². The fourth-order valence-corrected chi connectivity index (χ4v) is 3.97. The molecule has 0 radical (unpaired) electrons. The Hall–Kier alpha value is -2.53. The third-order valence-corrected chi connectivity index (χ3v) is 5.23. The molecule has 2 aliphatic rings. The van der Waals surface area contributed by atoms with Crippen LogP contribution in [-0.4, -0.2) is 32.0 Å². The third kappa shape index (κ3) is 2.08. The molecule has 5 nitrogen and oxygen atoms in total. The van der Waals surface area contributed by atoms with Crippen molar-refractivity contribution in [3.05, 3.63) is 58.8 Å². The van der Waals surface area contributed by atoms with Crippen molar-refractivity contribution in [2.45, 2.75) is 32.0 Å². The van der Waals surface area contributed by atoms with Gasteiger partial charge >= 0.3 is 0 Å². The molecule has 3 aromatic rings. The standard InChI is InChI=1S/C19H18N4O/c24-19-15-7-6-13(16-5-1-2-8-20-16)10-17(15)21-18-12-22-9-3-4-14(22)11-23(18)19/h1-2,5-8,10,14H,3-4,9,11-12H2. The second-order valence-corrected chi connectivity index (χ2v) is 6.66. The lowest BCUT2D eigenvalue weighted by Crippen LogP contribution is -2.43. The Morgan fingerprint density at radius 3 is 3.00 bits per heavy atom. The van der Waals surface area contributed by atoms with E-state index in [4.69, 9.17) is 4.98 Å². The number of benzene rings is 1. The largest absolute Gasteiger partial charge is 0.293 e. The van der Waals surface area contributed by atoms with Gasteiger partial charge in [0.15, 0.2) is 0 Å². The van der Waals surface area contributed by atoms with Gasteiger partial charge in [-0.1, -0.05) is 12.1 Å². The van der Waals surface area contributed by atoms with Crippen LogP contribution in [0.5, 0.6) is 0 Å². The van der Waals surface area contributed by atoms with Crippen LogP contribution in [-0.2, 0) is 13.1 Å². The summed E-state index contributed by atoms with van der Waals surface area (Å²) in [7, 11) is 0. The van der Waals surface area contributed by atoms with E-state index >= 15 is 0 Å². The van der Waals surface area contributed by atoms with Crippen LogP contribution in [0.2, 0.25) is 0 Å². The topological polar surface area (TPSA) is 51.0 Å². The molecule has 5 heteroatoms. The van der Waals surface area contributed by atoms with E-state index in [2.05, 4.69) is 9.88 Å². The Balaban J connectivity index is 1.67. The van der Waals surface area contributed by atoms with Gasteiger partial charge in [-0.25, -0.2) is 4.98 Å². The molecule has 0 amide bonds. The highest BCUT2D eigenvalue weighted by Gasteiger charge is 2.31. The molecule has 1 saturated heterocycles. The second kappa shape index (κ2) is 5.24. The molecule has 0 aliphatic carbocycles. The zero-order valence-electron chi connectivity index (χ0n) is 13.4. The van der Waals surface area contributed by atoms with Crippen LogP contribution in [0.3, 0.4) is 0 Å². The molecular formula is C19H18N4O. The SMILES string of the molecule is O=c1c2ccc(-c3ccccn3)cc2nc2n1CC1CCCN1C2. The van der Waals surface area contributed by atoms with Gasteiger partial charge in [0.05, 0.1) is 23.1 Å². The van der Waals surface area contributed by atoms with Crippen LogP contribution in [0, 0.1) is 0 Å². The average molecular weight is 318 g/mol. The van der Waals surface area contributed by atoms with E-state index in [0.717, 1.165) is 42.2 Å².